The van der Waals surface area contributed by atoms with Gasteiger partial charge >= 0.3 is 6.18 Å². The molecule has 0 aromatic rings. The number of primary amides is 1. The topological polar surface area (TPSA) is 75.9 Å². The van der Waals surface area contributed by atoms with Gasteiger partial charge in [0.2, 0.25) is 11.8 Å². The lowest BCUT2D eigenvalue weighted by Gasteiger charge is -2.43. The number of amides is 2. The van der Waals surface area contributed by atoms with Crippen LogP contribution in [0.15, 0.2) is 0 Å². The number of hydrogen-bond donors (Lipinski definition) is 1. The van der Waals surface area contributed by atoms with Gasteiger partial charge in [0.1, 0.15) is 5.54 Å². The van der Waals surface area contributed by atoms with Crippen LogP contribution in [-0.4, -0.2) is 73.2 Å². The van der Waals surface area contributed by atoms with Crippen molar-refractivity contribution in [3.63, 3.8) is 0 Å². The maximum Gasteiger partial charge on any atom is 0.401 e. The Hall–Kier alpha value is -1.35. The van der Waals surface area contributed by atoms with Crippen molar-refractivity contribution >= 4 is 11.8 Å². The number of nitrogens with zero attached hydrogens (tertiary/aromatic N) is 2. The van der Waals surface area contributed by atoms with E-state index >= 15 is 0 Å². The average Bonchev–Trinajstić information content (AvgIpc) is 2.77. The van der Waals surface area contributed by atoms with E-state index in [4.69, 9.17) is 10.5 Å². The van der Waals surface area contributed by atoms with Crippen molar-refractivity contribution in [1.82, 2.24) is 9.80 Å². The first kappa shape index (κ1) is 17.0. The fourth-order valence-electron chi connectivity index (χ4n) is 3.25. The first-order valence-corrected chi connectivity index (χ1v) is 7.09. The van der Waals surface area contributed by atoms with Crippen molar-refractivity contribution in [1.29, 1.82) is 0 Å². The van der Waals surface area contributed by atoms with E-state index in [0.29, 0.717) is 19.4 Å². The van der Waals surface area contributed by atoms with E-state index in [1.807, 2.05) is 0 Å². The number of carbonyl (C=O) groups excluding carboxylic acids is 2. The highest BCUT2D eigenvalue weighted by molar-refractivity contribution is 5.92. The molecule has 2 aliphatic heterocycles. The molecule has 126 valence electrons. The van der Waals surface area contributed by atoms with Crippen LogP contribution in [0.4, 0.5) is 13.2 Å². The van der Waals surface area contributed by atoms with Crippen molar-refractivity contribution in [3.8, 4) is 0 Å². The highest BCUT2D eigenvalue weighted by Gasteiger charge is 2.51. The lowest BCUT2D eigenvalue weighted by molar-refractivity contribution is -0.169. The second-order valence-corrected chi connectivity index (χ2v) is 5.93. The summed E-state index contributed by atoms with van der Waals surface area (Å²) >= 11 is 0. The summed E-state index contributed by atoms with van der Waals surface area (Å²) in [6, 6.07) is 0. The molecule has 22 heavy (non-hydrogen) atoms. The van der Waals surface area contributed by atoms with Crippen molar-refractivity contribution in [2.45, 2.75) is 24.6 Å². The fourth-order valence-corrected chi connectivity index (χ4v) is 3.25. The summed E-state index contributed by atoms with van der Waals surface area (Å²) in [6.07, 6.45) is -3.23. The number of rotatable bonds is 5. The Bertz CT molecular complexity index is 452. The van der Waals surface area contributed by atoms with Gasteiger partial charge < -0.3 is 15.4 Å². The van der Waals surface area contributed by atoms with Crippen LogP contribution in [0.5, 0.6) is 0 Å². The molecule has 1 unspecified atom stereocenters. The molecule has 1 atom stereocenters. The molecule has 2 amide bonds. The summed E-state index contributed by atoms with van der Waals surface area (Å²) in [6.45, 7) is -0.531. The zero-order valence-corrected chi connectivity index (χ0v) is 12.4. The lowest BCUT2D eigenvalue weighted by atomic mass is 9.92. The lowest BCUT2D eigenvalue weighted by Crippen LogP contribution is -2.63. The van der Waals surface area contributed by atoms with Gasteiger partial charge in [-0.05, 0) is 12.8 Å². The zero-order valence-electron chi connectivity index (χ0n) is 12.4. The third kappa shape index (κ3) is 3.19. The van der Waals surface area contributed by atoms with Crippen molar-refractivity contribution in [2.75, 3.05) is 39.9 Å². The first-order chi connectivity index (χ1) is 10.2. The molecule has 0 saturated carbocycles. The van der Waals surface area contributed by atoms with Crippen LogP contribution in [0, 0.1) is 5.92 Å². The molecule has 0 aromatic heterocycles. The Morgan fingerprint density at radius 1 is 1.36 bits per heavy atom. The molecule has 6 nitrogen and oxygen atoms in total. The van der Waals surface area contributed by atoms with Gasteiger partial charge in [0.05, 0.1) is 19.1 Å². The Morgan fingerprint density at radius 3 is 2.50 bits per heavy atom. The van der Waals surface area contributed by atoms with E-state index in [9.17, 15) is 22.8 Å². The first-order valence-electron chi connectivity index (χ1n) is 7.09. The third-order valence-corrected chi connectivity index (χ3v) is 4.31. The summed E-state index contributed by atoms with van der Waals surface area (Å²) in [5, 5.41) is 0. The number of ether oxygens (including phenoxy) is 1. The van der Waals surface area contributed by atoms with Gasteiger partial charge in [0.25, 0.3) is 0 Å². The largest absolute Gasteiger partial charge is 0.401 e. The molecule has 0 spiro atoms. The highest BCUT2D eigenvalue weighted by Crippen LogP contribution is 2.33. The Balaban J connectivity index is 1.99. The molecule has 2 heterocycles. The van der Waals surface area contributed by atoms with Crippen LogP contribution in [0.2, 0.25) is 0 Å². The standard InChI is InChI=1S/C13H20F3N3O3/c1-22-8-12(11(17)21)3-2-4-19(12)10(20)9-5-18(6-9)7-13(14,15)16/h9H,2-8H2,1H3,(H2,17,21). The number of hydrogen-bond acceptors (Lipinski definition) is 4. The summed E-state index contributed by atoms with van der Waals surface area (Å²) < 4.78 is 41.8. The third-order valence-electron chi connectivity index (χ3n) is 4.31. The quantitative estimate of drug-likeness (QED) is 0.771. The van der Waals surface area contributed by atoms with Gasteiger partial charge in [-0.1, -0.05) is 0 Å². The van der Waals surface area contributed by atoms with Crippen molar-refractivity contribution < 1.29 is 27.5 Å². The molecule has 9 heteroatoms. The predicted octanol–water partition coefficient (Wildman–Crippen LogP) is -0.0266. The van der Waals surface area contributed by atoms with Crippen LogP contribution >= 0.6 is 0 Å². The second-order valence-electron chi connectivity index (χ2n) is 5.93. The van der Waals surface area contributed by atoms with Gasteiger partial charge in [-0.3, -0.25) is 14.5 Å². The molecule has 2 N–H and O–H groups in total. The fraction of sp³-hybridized carbons (Fsp3) is 0.846. The number of halogens is 3. The van der Waals surface area contributed by atoms with Crippen LogP contribution in [-0.2, 0) is 14.3 Å². The molecule has 2 saturated heterocycles. The molecule has 2 aliphatic rings. The van der Waals surface area contributed by atoms with Crippen LogP contribution < -0.4 is 5.73 Å². The molecule has 0 bridgehead atoms. The van der Waals surface area contributed by atoms with E-state index in [-0.39, 0.29) is 25.6 Å². The van der Waals surface area contributed by atoms with Gasteiger partial charge in [-0.2, -0.15) is 13.2 Å². The summed E-state index contributed by atoms with van der Waals surface area (Å²) in [4.78, 5) is 26.9. The molecule has 0 radical (unpaired) electrons. The van der Waals surface area contributed by atoms with Gasteiger partial charge in [-0.25, -0.2) is 0 Å². The summed E-state index contributed by atoms with van der Waals surface area (Å²) in [5.41, 5.74) is 4.27. The van der Waals surface area contributed by atoms with E-state index < -0.39 is 30.1 Å². The zero-order chi connectivity index (χ0) is 16.5. The molecule has 0 aliphatic carbocycles. The number of likely N-dealkylation sites (tertiary alicyclic amines) is 2. The number of alkyl halides is 3. The molecule has 2 rings (SSSR count). The van der Waals surface area contributed by atoms with Crippen LogP contribution in [0.3, 0.4) is 0 Å². The molecular formula is C13H20F3N3O3. The van der Waals surface area contributed by atoms with Crippen molar-refractivity contribution in [2.24, 2.45) is 11.7 Å². The van der Waals surface area contributed by atoms with Gasteiger partial charge in [0.15, 0.2) is 0 Å². The number of nitrogens with two attached hydrogens (primary N) is 1. The average molecular weight is 323 g/mol. The summed E-state index contributed by atoms with van der Waals surface area (Å²) in [7, 11) is 1.42. The Labute approximate surface area is 126 Å². The van der Waals surface area contributed by atoms with Gasteiger partial charge in [-0.15, -0.1) is 0 Å². The minimum absolute atomic E-state index is 0.00700. The van der Waals surface area contributed by atoms with Crippen LogP contribution in [0.25, 0.3) is 0 Å². The second kappa shape index (κ2) is 6.04. The smallest absolute Gasteiger partial charge is 0.382 e. The molecule has 0 aromatic carbocycles. The predicted molar refractivity (Wildman–Crippen MR) is 70.7 cm³/mol. The van der Waals surface area contributed by atoms with Gasteiger partial charge in [0, 0.05) is 26.7 Å². The molecule has 2 fully saturated rings. The highest BCUT2D eigenvalue weighted by atomic mass is 19.4. The SMILES string of the molecule is COCC1(C(N)=O)CCCN1C(=O)C1CN(CC(F)(F)F)C1. The maximum atomic E-state index is 12.5. The number of carbonyl (C=O) groups is 2. The minimum Gasteiger partial charge on any atom is -0.382 e. The van der Waals surface area contributed by atoms with E-state index in [2.05, 4.69) is 0 Å². The van der Waals surface area contributed by atoms with E-state index in [1.54, 1.807) is 0 Å². The van der Waals surface area contributed by atoms with E-state index in [0.717, 1.165) is 0 Å². The minimum atomic E-state index is -4.27. The Morgan fingerprint density at radius 2 is 2.00 bits per heavy atom. The number of methoxy groups -OCH3 is 1. The monoisotopic (exact) mass is 323 g/mol. The Kier molecular flexibility index (Phi) is 4.67. The van der Waals surface area contributed by atoms with Crippen LogP contribution in [0.1, 0.15) is 12.8 Å². The van der Waals surface area contributed by atoms with Crippen molar-refractivity contribution in [3.05, 3.63) is 0 Å². The summed E-state index contributed by atoms with van der Waals surface area (Å²) in [5.74, 6) is -1.46. The van der Waals surface area contributed by atoms with E-state index in [1.165, 1.54) is 16.9 Å². The normalized spacial score (nSPS) is 27.0. The maximum absolute atomic E-state index is 12.5. The molecular weight excluding hydrogens is 303 g/mol.